The summed E-state index contributed by atoms with van der Waals surface area (Å²) < 4.78 is 5.81. The first kappa shape index (κ1) is 24.5. The predicted octanol–water partition coefficient (Wildman–Crippen LogP) is 3.94. The highest BCUT2D eigenvalue weighted by Crippen LogP contribution is 2.39. The molecule has 7 nitrogen and oxygen atoms in total. The second kappa shape index (κ2) is 11.1. The lowest BCUT2D eigenvalue weighted by Crippen LogP contribution is -2.32. The molecule has 1 N–H and O–H groups in total. The molecule has 1 saturated heterocycles. The van der Waals surface area contributed by atoms with Crippen LogP contribution in [0.25, 0.3) is 5.76 Å². The van der Waals surface area contributed by atoms with Gasteiger partial charge in [0.15, 0.2) is 0 Å². The van der Waals surface area contributed by atoms with Gasteiger partial charge in [-0.3, -0.25) is 14.6 Å². The third kappa shape index (κ3) is 5.60. The fourth-order valence-corrected chi connectivity index (χ4v) is 3.99. The Morgan fingerprint density at radius 3 is 2.64 bits per heavy atom. The van der Waals surface area contributed by atoms with Crippen molar-refractivity contribution in [2.75, 3.05) is 33.8 Å². The fraction of sp³-hybridized carbons (Fsp3) is 0.423. The normalized spacial score (nSPS) is 17.7. The second-order valence-electron chi connectivity index (χ2n) is 8.62. The van der Waals surface area contributed by atoms with E-state index >= 15 is 0 Å². The number of unbranched alkanes of at least 4 members (excludes halogenated alkanes) is 1. The molecule has 1 aromatic carbocycles. The molecule has 1 aliphatic heterocycles. The summed E-state index contributed by atoms with van der Waals surface area (Å²) in [6.07, 6.45) is 5.99. The van der Waals surface area contributed by atoms with E-state index in [1.165, 1.54) is 0 Å². The molecule has 2 heterocycles. The Hall–Kier alpha value is -3.19. The molecule has 2 aromatic rings. The van der Waals surface area contributed by atoms with Crippen LogP contribution in [0.2, 0.25) is 0 Å². The number of carbonyl (C=O) groups excluding carboxylic acids is 2. The molecule has 1 aromatic heterocycles. The highest BCUT2D eigenvalue weighted by molar-refractivity contribution is 6.46. The number of likely N-dealkylation sites (tertiary alicyclic amines) is 1. The Morgan fingerprint density at radius 2 is 2.00 bits per heavy atom. The fourth-order valence-electron chi connectivity index (χ4n) is 3.99. The van der Waals surface area contributed by atoms with E-state index in [-0.39, 0.29) is 11.3 Å². The van der Waals surface area contributed by atoms with Crippen molar-refractivity contribution in [1.82, 2.24) is 14.8 Å². The van der Waals surface area contributed by atoms with Gasteiger partial charge in [0.1, 0.15) is 11.5 Å². The van der Waals surface area contributed by atoms with E-state index in [1.807, 2.05) is 32.0 Å². The third-order valence-corrected chi connectivity index (χ3v) is 5.75. The number of Topliss-reactive ketones (excluding diaryl/α,β-unsaturated/α-hetero) is 1. The van der Waals surface area contributed by atoms with Crippen LogP contribution in [0.1, 0.15) is 48.9 Å². The number of nitrogens with zero attached hydrogens (tertiary/aromatic N) is 3. The first-order valence-corrected chi connectivity index (χ1v) is 11.4. The minimum absolute atomic E-state index is 0.0944. The first-order chi connectivity index (χ1) is 15.8. The maximum absolute atomic E-state index is 13.1. The number of carbonyl (C=O) groups is 2. The Morgan fingerprint density at radius 1 is 1.21 bits per heavy atom. The van der Waals surface area contributed by atoms with E-state index in [9.17, 15) is 14.7 Å². The summed E-state index contributed by atoms with van der Waals surface area (Å²) in [7, 11) is 3.93. The summed E-state index contributed by atoms with van der Waals surface area (Å²) in [6, 6.07) is 8.22. The summed E-state index contributed by atoms with van der Waals surface area (Å²) in [4.78, 5) is 33.8. The van der Waals surface area contributed by atoms with E-state index in [1.54, 1.807) is 41.6 Å². The van der Waals surface area contributed by atoms with Gasteiger partial charge in [-0.05, 0) is 75.8 Å². The number of ketones is 1. The van der Waals surface area contributed by atoms with Gasteiger partial charge in [-0.2, -0.15) is 0 Å². The van der Waals surface area contributed by atoms with Crippen molar-refractivity contribution >= 4 is 17.4 Å². The molecule has 1 unspecified atom stereocenters. The molecule has 33 heavy (non-hydrogen) atoms. The van der Waals surface area contributed by atoms with Gasteiger partial charge in [0.25, 0.3) is 11.7 Å². The van der Waals surface area contributed by atoms with E-state index in [0.29, 0.717) is 30.7 Å². The maximum atomic E-state index is 13.1. The molecule has 0 aliphatic carbocycles. The minimum Gasteiger partial charge on any atom is -0.507 e. The lowest BCUT2D eigenvalue weighted by atomic mass is 9.95. The zero-order valence-corrected chi connectivity index (χ0v) is 19.9. The van der Waals surface area contributed by atoms with Crippen LogP contribution in [0.4, 0.5) is 0 Å². The van der Waals surface area contributed by atoms with Gasteiger partial charge in [-0.25, -0.2) is 0 Å². The van der Waals surface area contributed by atoms with Crippen molar-refractivity contribution in [3.8, 4) is 5.75 Å². The van der Waals surface area contributed by atoms with Crippen molar-refractivity contribution < 1.29 is 19.4 Å². The van der Waals surface area contributed by atoms with E-state index in [2.05, 4.69) is 11.9 Å². The lowest BCUT2D eigenvalue weighted by molar-refractivity contribution is -0.139. The molecular formula is C26H33N3O4. The molecule has 3 rings (SSSR count). The number of aliphatic hydroxyl groups is 1. The summed E-state index contributed by atoms with van der Waals surface area (Å²) in [6.45, 7) is 5.81. The number of ether oxygens (including phenoxy) is 1. The SMILES string of the molecule is CCCCOc1ccc(/C(O)=C2/C(=O)C(=O)N(CCCN(C)C)C2c2cccnc2)cc1C. The summed E-state index contributed by atoms with van der Waals surface area (Å²) >= 11 is 0. The summed E-state index contributed by atoms with van der Waals surface area (Å²) in [5.74, 6) is -0.707. The Bertz CT molecular complexity index is 1020. The summed E-state index contributed by atoms with van der Waals surface area (Å²) in [5, 5.41) is 11.2. The summed E-state index contributed by atoms with van der Waals surface area (Å²) in [5.41, 5.74) is 2.13. The zero-order chi connectivity index (χ0) is 24.0. The molecule has 0 bridgehead atoms. The molecule has 1 amide bonds. The van der Waals surface area contributed by atoms with Crippen molar-refractivity contribution in [3.05, 3.63) is 65.0 Å². The number of rotatable bonds is 10. The van der Waals surface area contributed by atoms with E-state index < -0.39 is 17.7 Å². The lowest BCUT2D eigenvalue weighted by Gasteiger charge is -2.25. The first-order valence-electron chi connectivity index (χ1n) is 11.4. The number of benzene rings is 1. The van der Waals surface area contributed by atoms with Gasteiger partial charge in [-0.15, -0.1) is 0 Å². The van der Waals surface area contributed by atoms with Crippen LogP contribution >= 0.6 is 0 Å². The standard InChI is InChI=1S/C26H33N3O4/c1-5-6-15-33-21-11-10-19(16-18(21)2)24(30)22-23(20-9-7-12-27-17-20)29(26(32)25(22)31)14-8-13-28(3)4/h7,9-12,16-17,23,30H,5-6,8,13-15H2,1-4H3/b24-22-. The minimum atomic E-state index is -0.679. The molecule has 0 saturated carbocycles. The number of amides is 1. The Kier molecular flexibility index (Phi) is 8.22. The molecule has 176 valence electrons. The highest BCUT2D eigenvalue weighted by Gasteiger charge is 2.45. The van der Waals surface area contributed by atoms with Gasteiger partial charge in [0, 0.05) is 24.5 Å². The smallest absolute Gasteiger partial charge is 0.295 e. The van der Waals surface area contributed by atoms with Gasteiger partial charge in [0.05, 0.1) is 18.2 Å². The van der Waals surface area contributed by atoms with Gasteiger partial charge < -0.3 is 19.6 Å². The van der Waals surface area contributed by atoms with Gasteiger partial charge in [-0.1, -0.05) is 19.4 Å². The van der Waals surface area contributed by atoms with E-state index in [0.717, 1.165) is 30.7 Å². The largest absolute Gasteiger partial charge is 0.507 e. The topological polar surface area (TPSA) is 83.0 Å². The molecular weight excluding hydrogens is 418 g/mol. The Labute approximate surface area is 195 Å². The maximum Gasteiger partial charge on any atom is 0.295 e. The monoisotopic (exact) mass is 451 g/mol. The van der Waals surface area contributed by atoms with Crippen molar-refractivity contribution in [2.45, 2.75) is 39.2 Å². The van der Waals surface area contributed by atoms with Crippen LogP contribution in [0.3, 0.4) is 0 Å². The zero-order valence-electron chi connectivity index (χ0n) is 19.9. The number of aromatic nitrogens is 1. The average Bonchev–Trinajstić information content (AvgIpc) is 3.05. The van der Waals surface area contributed by atoms with Crippen LogP contribution < -0.4 is 4.74 Å². The molecule has 0 spiro atoms. The molecule has 7 heteroatoms. The van der Waals surface area contributed by atoms with Crippen LogP contribution in [0.5, 0.6) is 5.75 Å². The highest BCUT2D eigenvalue weighted by atomic mass is 16.5. The molecule has 0 radical (unpaired) electrons. The molecule has 1 aliphatic rings. The van der Waals surface area contributed by atoms with Crippen molar-refractivity contribution in [1.29, 1.82) is 0 Å². The van der Waals surface area contributed by atoms with Gasteiger partial charge >= 0.3 is 0 Å². The number of aryl methyl sites for hydroxylation is 1. The Balaban J connectivity index is 1.99. The predicted molar refractivity (Wildman–Crippen MR) is 128 cm³/mol. The number of aliphatic hydroxyl groups excluding tert-OH is 1. The van der Waals surface area contributed by atoms with Crippen LogP contribution in [0, 0.1) is 6.92 Å². The number of hydrogen-bond acceptors (Lipinski definition) is 6. The van der Waals surface area contributed by atoms with Crippen molar-refractivity contribution in [2.24, 2.45) is 0 Å². The number of pyridine rings is 1. The quantitative estimate of drug-likeness (QED) is 0.255. The molecule has 1 fully saturated rings. The van der Waals surface area contributed by atoms with Gasteiger partial charge in [0.2, 0.25) is 0 Å². The third-order valence-electron chi connectivity index (χ3n) is 5.75. The second-order valence-corrected chi connectivity index (χ2v) is 8.62. The van der Waals surface area contributed by atoms with E-state index in [4.69, 9.17) is 4.74 Å². The average molecular weight is 452 g/mol. The number of hydrogen-bond donors (Lipinski definition) is 1. The van der Waals surface area contributed by atoms with Crippen LogP contribution in [-0.4, -0.2) is 65.4 Å². The molecule has 1 atom stereocenters. The van der Waals surface area contributed by atoms with Crippen LogP contribution in [-0.2, 0) is 9.59 Å². The van der Waals surface area contributed by atoms with Crippen LogP contribution in [0.15, 0.2) is 48.3 Å². The van der Waals surface area contributed by atoms with Crippen molar-refractivity contribution in [3.63, 3.8) is 0 Å².